The zero-order chi connectivity index (χ0) is 25.6. The van der Waals surface area contributed by atoms with E-state index in [1.807, 2.05) is 73.7 Å². The third-order valence-electron chi connectivity index (χ3n) is 7.00. The van der Waals surface area contributed by atoms with Gasteiger partial charge < -0.3 is 14.7 Å². The first-order valence-corrected chi connectivity index (χ1v) is 12.4. The monoisotopic (exact) mass is 481 g/mol. The van der Waals surface area contributed by atoms with Crippen molar-refractivity contribution in [3.8, 4) is 5.75 Å². The number of rotatable bonds is 4. The molecule has 2 aliphatic rings. The molecule has 0 radical (unpaired) electrons. The van der Waals surface area contributed by atoms with Gasteiger partial charge in [-0.25, -0.2) is 0 Å². The van der Waals surface area contributed by atoms with Crippen LogP contribution in [0.3, 0.4) is 0 Å². The summed E-state index contributed by atoms with van der Waals surface area (Å²) in [4.78, 5) is 28.3. The summed E-state index contributed by atoms with van der Waals surface area (Å²) in [6.07, 6.45) is 0.798. The molecule has 2 atom stereocenters. The second-order valence-corrected chi connectivity index (χ2v) is 10.7. The molecule has 5 heteroatoms. The summed E-state index contributed by atoms with van der Waals surface area (Å²) in [5.74, 6) is -0.643. The summed E-state index contributed by atoms with van der Waals surface area (Å²) >= 11 is 0. The fourth-order valence-corrected chi connectivity index (χ4v) is 5.06. The highest BCUT2D eigenvalue weighted by Crippen LogP contribution is 2.41. The van der Waals surface area contributed by atoms with E-state index in [-0.39, 0.29) is 29.4 Å². The third-order valence-corrected chi connectivity index (χ3v) is 7.00. The Morgan fingerprint density at radius 3 is 2.36 bits per heavy atom. The largest absolute Gasteiger partial charge is 0.507 e. The van der Waals surface area contributed by atoms with Crippen LogP contribution in [0, 0.1) is 0 Å². The van der Waals surface area contributed by atoms with Crippen molar-refractivity contribution in [1.82, 2.24) is 4.90 Å². The van der Waals surface area contributed by atoms with Crippen LogP contribution in [-0.4, -0.2) is 27.8 Å². The predicted octanol–water partition coefficient (Wildman–Crippen LogP) is 5.93. The van der Waals surface area contributed by atoms with E-state index in [2.05, 4.69) is 20.8 Å². The Balaban J connectivity index is 1.62. The maximum Gasteiger partial charge on any atom is 0.295 e. The Hall–Kier alpha value is -3.86. The van der Waals surface area contributed by atoms with Crippen LogP contribution in [0.15, 0.2) is 78.4 Å². The number of hydrogen-bond donors (Lipinski definition) is 1. The number of nitrogens with zero attached hydrogens (tertiary/aromatic N) is 1. The number of carbonyl (C=O) groups excluding carboxylic acids is 2. The smallest absolute Gasteiger partial charge is 0.295 e. The zero-order valence-corrected chi connectivity index (χ0v) is 21.1. The molecule has 184 valence electrons. The lowest BCUT2D eigenvalue weighted by atomic mass is 9.85. The SMILES string of the molecule is C[C@@H]1Cc2cc(/C(O)=C3\C(=O)C(=O)N(Cc4ccccc4)[C@@H]3c3ccc(C(C)(C)C)cc3)ccc2O1. The number of likely N-dealkylation sites (tertiary alicyclic amines) is 1. The van der Waals surface area contributed by atoms with E-state index in [4.69, 9.17) is 4.74 Å². The van der Waals surface area contributed by atoms with Gasteiger partial charge in [0.2, 0.25) is 0 Å². The van der Waals surface area contributed by atoms with Gasteiger partial charge >= 0.3 is 0 Å². The van der Waals surface area contributed by atoms with Gasteiger partial charge in [-0.15, -0.1) is 0 Å². The first-order valence-electron chi connectivity index (χ1n) is 12.4. The van der Waals surface area contributed by atoms with Crippen molar-refractivity contribution in [1.29, 1.82) is 0 Å². The second kappa shape index (κ2) is 8.98. The maximum absolute atomic E-state index is 13.4. The van der Waals surface area contributed by atoms with Gasteiger partial charge in [0, 0.05) is 18.5 Å². The maximum atomic E-state index is 13.4. The van der Waals surface area contributed by atoms with Crippen LogP contribution in [0.2, 0.25) is 0 Å². The Morgan fingerprint density at radius 1 is 1.00 bits per heavy atom. The van der Waals surface area contributed by atoms with Gasteiger partial charge in [-0.2, -0.15) is 0 Å². The van der Waals surface area contributed by atoms with Gasteiger partial charge in [0.15, 0.2) is 0 Å². The van der Waals surface area contributed by atoms with Crippen molar-refractivity contribution >= 4 is 17.4 Å². The molecule has 1 N–H and O–H groups in total. The first-order chi connectivity index (χ1) is 17.1. The number of Topliss-reactive ketones (excluding diaryl/α,β-unsaturated/α-hetero) is 1. The van der Waals surface area contributed by atoms with Crippen LogP contribution in [0.5, 0.6) is 5.75 Å². The van der Waals surface area contributed by atoms with Crippen molar-refractivity contribution in [2.75, 3.05) is 0 Å². The van der Waals surface area contributed by atoms with Gasteiger partial charge in [-0.05, 0) is 52.8 Å². The highest BCUT2D eigenvalue weighted by molar-refractivity contribution is 6.46. The van der Waals surface area contributed by atoms with Crippen LogP contribution in [0.25, 0.3) is 5.76 Å². The number of amides is 1. The van der Waals surface area contributed by atoms with E-state index in [0.29, 0.717) is 5.56 Å². The van der Waals surface area contributed by atoms with E-state index in [9.17, 15) is 14.7 Å². The summed E-state index contributed by atoms with van der Waals surface area (Å²) in [7, 11) is 0. The minimum Gasteiger partial charge on any atom is -0.507 e. The van der Waals surface area contributed by atoms with Crippen LogP contribution in [0.1, 0.15) is 61.6 Å². The van der Waals surface area contributed by atoms with E-state index in [1.54, 1.807) is 11.0 Å². The second-order valence-electron chi connectivity index (χ2n) is 10.7. The molecule has 0 saturated carbocycles. The van der Waals surface area contributed by atoms with Crippen LogP contribution in [-0.2, 0) is 28.0 Å². The molecule has 1 fully saturated rings. The van der Waals surface area contributed by atoms with E-state index >= 15 is 0 Å². The van der Waals surface area contributed by atoms with Gasteiger partial charge in [0.05, 0.1) is 11.6 Å². The first kappa shape index (κ1) is 23.9. The van der Waals surface area contributed by atoms with Crippen LogP contribution < -0.4 is 4.74 Å². The number of aliphatic hydroxyl groups excluding tert-OH is 1. The number of ether oxygens (including phenoxy) is 1. The van der Waals surface area contributed by atoms with Crippen molar-refractivity contribution < 1.29 is 19.4 Å². The van der Waals surface area contributed by atoms with E-state index in [1.165, 1.54) is 0 Å². The normalized spacial score (nSPS) is 20.9. The summed E-state index contributed by atoms with van der Waals surface area (Å²) in [6.45, 7) is 8.69. The molecule has 3 aromatic rings. The average Bonchev–Trinajstić information content (AvgIpc) is 3.35. The molecule has 1 amide bonds. The van der Waals surface area contributed by atoms with Crippen molar-refractivity contribution in [2.45, 2.75) is 58.2 Å². The lowest BCUT2D eigenvalue weighted by molar-refractivity contribution is -0.140. The molecule has 0 unspecified atom stereocenters. The predicted molar refractivity (Wildman–Crippen MR) is 140 cm³/mol. The van der Waals surface area contributed by atoms with Gasteiger partial charge in [0.25, 0.3) is 11.7 Å². The molecule has 0 aromatic heterocycles. The van der Waals surface area contributed by atoms with Gasteiger partial charge in [-0.1, -0.05) is 75.4 Å². The topological polar surface area (TPSA) is 66.8 Å². The molecular weight excluding hydrogens is 450 g/mol. The molecular formula is C31H31NO4. The molecule has 0 aliphatic carbocycles. The summed E-state index contributed by atoms with van der Waals surface area (Å²) < 4.78 is 5.79. The van der Waals surface area contributed by atoms with E-state index in [0.717, 1.165) is 34.4 Å². The fraction of sp³-hybridized carbons (Fsp3) is 0.290. The van der Waals surface area contributed by atoms with Crippen molar-refractivity contribution in [2.24, 2.45) is 0 Å². The van der Waals surface area contributed by atoms with Gasteiger partial charge in [0.1, 0.15) is 17.6 Å². The molecule has 1 saturated heterocycles. The van der Waals surface area contributed by atoms with E-state index < -0.39 is 17.7 Å². The molecule has 2 aliphatic heterocycles. The minimum absolute atomic E-state index is 0.0337. The molecule has 5 nitrogen and oxygen atoms in total. The quantitative estimate of drug-likeness (QED) is 0.285. The Kier molecular flexibility index (Phi) is 5.95. The Labute approximate surface area is 212 Å². The molecule has 3 aromatic carbocycles. The van der Waals surface area contributed by atoms with Gasteiger partial charge in [-0.3, -0.25) is 9.59 Å². The van der Waals surface area contributed by atoms with Crippen molar-refractivity contribution in [3.63, 3.8) is 0 Å². The lowest BCUT2D eigenvalue weighted by Gasteiger charge is -2.26. The number of benzene rings is 3. The number of hydrogen-bond acceptors (Lipinski definition) is 4. The number of aliphatic hydroxyl groups is 1. The molecule has 2 heterocycles. The Morgan fingerprint density at radius 2 is 1.69 bits per heavy atom. The van der Waals surface area contributed by atoms with Crippen LogP contribution in [0.4, 0.5) is 0 Å². The highest BCUT2D eigenvalue weighted by Gasteiger charge is 2.46. The average molecular weight is 482 g/mol. The standard InChI is InChI=1S/C31H31NO4/c1-19-16-23-17-22(12-15-25(23)36-19)28(33)26-27(21-10-13-24(14-11-21)31(2,3)4)32(30(35)29(26)34)18-20-8-6-5-7-9-20/h5-15,17,19,27,33H,16,18H2,1-4H3/b28-26+/t19-,27-/m1/s1. The summed E-state index contributed by atoms with van der Waals surface area (Å²) in [6, 6.07) is 22.3. The third kappa shape index (κ3) is 4.30. The van der Waals surface area contributed by atoms with Crippen LogP contribution >= 0.6 is 0 Å². The Bertz CT molecular complexity index is 1350. The summed E-state index contributed by atoms with van der Waals surface area (Å²) in [5.41, 5.74) is 4.44. The fourth-order valence-electron chi connectivity index (χ4n) is 5.06. The number of fused-ring (bicyclic) bond motifs is 1. The minimum atomic E-state index is -0.692. The highest BCUT2D eigenvalue weighted by atomic mass is 16.5. The molecule has 5 rings (SSSR count). The number of ketones is 1. The lowest BCUT2D eigenvalue weighted by Crippen LogP contribution is -2.29. The molecule has 0 spiro atoms. The number of carbonyl (C=O) groups is 2. The zero-order valence-electron chi connectivity index (χ0n) is 21.1. The van der Waals surface area contributed by atoms with Crippen molar-refractivity contribution in [3.05, 3.63) is 106 Å². The summed E-state index contributed by atoms with van der Waals surface area (Å²) in [5, 5.41) is 11.4. The molecule has 0 bridgehead atoms. The molecule has 36 heavy (non-hydrogen) atoms.